The predicted molar refractivity (Wildman–Crippen MR) is 111 cm³/mol. The number of carbonyl (C=O) groups excluding carboxylic acids is 3. The minimum absolute atomic E-state index is 0.0921. The van der Waals surface area contributed by atoms with Crippen LogP contribution in [-0.2, 0) is 4.74 Å². The molecule has 1 aromatic heterocycles. The van der Waals surface area contributed by atoms with Crippen molar-refractivity contribution >= 4 is 23.6 Å². The van der Waals surface area contributed by atoms with Gasteiger partial charge in [-0.1, -0.05) is 18.2 Å². The van der Waals surface area contributed by atoms with Gasteiger partial charge in [0.1, 0.15) is 5.60 Å². The van der Waals surface area contributed by atoms with E-state index in [9.17, 15) is 14.4 Å². The Morgan fingerprint density at radius 1 is 1.10 bits per heavy atom. The van der Waals surface area contributed by atoms with E-state index in [1.807, 2.05) is 26.8 Å². The second kappa shape index (κ2) is 8.98. The molecule has 2 aromatic rings. The fraction of sp³-hybridized carbons (Fsp3) is 0.429. The lowest BCUT2D eigenvalue weighted by molar-refractivity contribution is 0.0199. The van der Waals surface area contributed by atoms with Crippen molar-refractivity contribution < 1.29 is 19.1 Å². The zero-order chi connectivity index (χ0) is 21.7. The lowest BCUT2D eigenvalue weighted by Crippen LogP contribution is -2.47. The highest BCUT2D eigenvalue weighted by atomic mass is 16.6. The number of anilines is 1. The molecule has 0 radical (unpaired) electrons. The maximum absolute atomic E-state index is 12.7. The van der Waals surface area contributed by atoms with E-state index in [-0.39, 0.29) is 29.6 Å². The normalized spacial score (nSPS) is 14.8. The summed E-state index contributed by atoms with van der Waals surface area (Å²) in [5.74, 6) is -0.702. The van der Waals surface area contributed by atoms with Crippen LogP contribution < -0.4 is 10.6 Å². The third kappa shape index (κ3) is 5.59. The first kappa shape index (κ1) is 21.4. The van der Waals surface area contributed by atoms with Crippen molar-refractivity contribution in [3.05, 3.63) is 47.8 Å². The number of aromatic amines is 1. The zero-order valence-electron chi connectivity index (χ0n) is 17.4. The molecule has 1 aromatic carbocycles. The van der Waals surface area contributed by atoms with E-state index in [4.69, 9.17) is 4.74 Å². The van der Waals surface area contributed by atoms with Crippen LogP contribution in [0.15, 0.2) is 36.5 Å². The Hall–Kier alpha value is -3.36. The van der Waals surface area contributed by atoms with Gasteiger partial charge in [-0.15, -0.1) is 0 Å². The van der Waals surface area contributed by atoms with Crippen molar-refractivity contribution in [1.82, 2.24) is 20.4 Å². The standard InChI is InChI=1S/C21H27N5O4/c1-21(2,3)30-20(29)26-11-9-15(10-12-26)23-19(28)17-16(13-22-25-17)24-18(27)14-7-5-4-6-8-14/h4-8,13,15H,9-12H2,1-3H3,(H,22,25)(H,23,28)(H,24,27). The number of benzene rings is 1. The monoisotopic (exact) mass is 413 g/mol. The number of piperidine rings is 1. The second-order valence-corrected chi connectivity index (χ2v) is 8.18. The van der Waals surface area contributed by atoms with Gasteiger partial charge in [0.05, 0.1) is 5.69 Å². The number of amides is 3. The van der Waals surface area contributed by atoms with Crippen molar-refractivity contribution in [1.29, 1.82) is 0 Å². The van der Waals surface area contributed by atoms with Crippen molar-refractivity contribution in [2.24, 2.45) is 0 Å². The SMILES string of the molecule is CC(C)(C)OC(=O)N1CCC(NC(=O)c2n[nH]cc2NC(=O)c2ccccc2)CC1. The molecule has 0 bridgehead atoms. The molecule has 0 aliphatic carbocycles. The summed E-state index contributed by atoms with van der Waals surface area (Å²) in [5, 5.41) is 12.2. The van der Waals surface area contributed by atoms with Gasteiger partial charge in [-0.2, -0.15) is 5.10 Å². The lowest BCUT2D eigenvalue weighted by atomic mass is 10.1. The average Bonchev–Trinajstić information content (AvgIpc) is 3.16. The van der Waals surface area contributed by atoms with Gasteiger partial charge in [0.2, 0.25) is 0 Å². The number of aromatic nitrogens is 2. The quantitative estimate of drug-likeness (QED) is 0.713. The molecule has 9 heteroatoms. The summed E-state index contributed by atoms with van der Waals surface area (Å²) in [5.41, 5.74) is 0.379. The molecule has 1 aliphatic rings. The highest BCUT2D eigenvalue weighted by Crippen LogP contribution is 2.18. The number of hydrogen-bond donors (Lipinski definition) is 3. The molecular weight excluding hydrogens is 386 g/mol. The van der Waals surface area contributed by atoms with Crippen LogP contribution in [0.1, 0.15) is 54.5 Å². The maximum Gasteiger partial charge on any atom is 0.410 e. The van der Waals surface area contributed by atoms with Gasteiger partial charge in [-0.25, -0.2) is 4.79 Å². The first-order valence-corrected chi connectivity index (χ1v) is 9.92. The molecule has 1 saturated heterocycles. The summed E-state index contributed by atoms with van der Waals surface area (Å²) < 4.78 is 5.39. The summed E-state index contributed by atoms with van der Waals surface area (Å²) >= 11 is 0. The molecule has 3 rings (SSSR count). The van der Waals surface area contributed by atoms with Crippen LogP contribution in [0.4, 0.5) is 10.5 Å². The number of rotatable bonds is 4. The van der Waals surface area contributed by atoms with Gasteiger partial charge in [-0.3, -0.25) is 14.7 Å². The molecule has 3 amide bonds. The summed E-state index contributed by atoms with van der Waals surface area (Å²) in [7, 11) is 0. The highest BCUT2D eigenvalue weighted by Gasteiger charge is 2.28. The van der Waals surface area contributed by atoms with Crippen LogP contribution in [0.3, 0.4) is 0 Å². The fourth-order valence-corrected chi connectivity index (χ4v) is 3.13. The van der Waals surface area contributed by atoms with E-state index < -0.39 is 5.60 Å². The van der Waals surface area contributed by atoms with Crippen LogP contribution in [0.5, 0.6) is 0 Å². The number of ether oxygens (including phenoxy) is 1. The molecule has 0 saturated carbocycles. The smallest absolute Gasteiger partial charge is 0.410 e. The molecule has 1 aliphatic heterocycles. The molecule has 9 nitrogen and oxygen atoms in total. The number of H-pyrrole nitrogens is 1. The number of likely N-dealkylation sites (tertiary alicyclic amines) is 1. The zero-order valence-corrected chi connectivity index (χ0v) is 17.4. The Bertz CT molecular complexity index is 896. The van der Waals surface area contributed by atoms with Gasteiger partial charge in [0, 0.05) is 30.9 Å². The maximum atomic E-state index is 12.7. The average molecular weight is 413 g/mol. The highest BCUT2D eigenvalue weighted by molar-refractivity contribution is 6.08. The summed E-state index contributed by atoms with van der Waals surface area (Å²) in [6.45, 7) is 6.48. The van der Waals surface area contributed by atoms with Crippen LogP contribution in [0.25, 0.3) is 0 Å². The van der Waals surface area contributed by atoms with Gasteiger partial charge in [0.15, 0.2) is 5.69 Å². The molecule has 2 heterocycles. The van der Waals surface area contributed by atoms with Crippen LogP contribution in [0, 0.1) is 0 Å². The molecule has 3 N–H and O–H groups in total. The van der Waals surface area contributed by atoms with Crippen molar-refractivity contribution in [2.45, 2.75) is 45.3 Å². The van der Waals surface area contributed by atoms with E-state index in [1.165, 1.54) is 6.20 Å². The first-order valence-electron chi connectivity index (χ1n) is 9.92. The van der Waals surface area contributed by atoms with Crippen molar-refractivity contribution in [2.75, 3.05) is 18.4 Å². The van der Waals surface area contributed by atoms with Gasteiger partial charge >= 0.3 is 6.09 Å². The molecule has 30 heavy (non-hydrogen) atoms. The summed E-state index contributed by atoms with van der Waals surface area (Å²) in [6, 6.07) is 8.64. The van der Waals surface area contributed by atoms with E-state index in [1.54, 1.807) is 29.2 Å². The third-order valence-electron chi connectivity index (χ3n) is 4.62. The van der Waals surface area contributed by atoms with Crippen LogP contribution in [0.2, 0.25) is 0 Å². The predicted octanol–water partition coefficient (Wildman–Crippen LogP) is 2.79. The summed E-state index contributed by atoms with van der Waals surface area (Å²) in [4.78, 5) is 38.8. The summed E-state index contributed by atoms with van der Waals surface area (Å²) in [6.07, 6.45) is 2.36. The van der Waals surface area contributed by atoms with E-state index in [0.29, 0.717) is 37.2 Å². The Labute approximate surface area is 175 Å². The van der Waals surface area contributed by atoms with E-state index in [0.717, 1.165) is 0 Å². The van der Waals surface area contributed by atoms with E-state index in [2.05, 4.69) is 20.8 Å². The number of nitrogens with zero attached hydrogens (tertiary/aromatic N) is 2. The second-order valence-electron chi connectivity index (χ2n) is 8.18. The molecule has 1 fully saturated rings. The largest absolute Gasteiger partial charge is 0.444 e. The molecule has 160 valence electrons. The van der Waals surface area contributed by atoms with E-state index >= 15 is 0 Å². The van der Waals surface area contributed by atoms with Crippen molar-refractivity contribution in [3.63, 3.8) is 0 Å². The fourth-order valence-electron chi connectivity index (χ4n) is 3.13. The molecule has 0 unspecified atom stereocenters. The number of hydrogen-bond acceptors (Lipinski definition) is 5. The minimum Gasteiger partial charge on any atom is -0.444 e. The third-order valence-corrected chi connectivity index (χ3v) is 4.62. The van der Waals surface area contributed by atoms with Gasteiger partial charge < -0.3 is 20.3 Å². The topological polar surface area (TPSA) is 116 Å². The Balaban J connectivity index is 1.54. The Kier molecular flexibility index (Phi) is 6.39. The van der Waals surface area contributed by atoms with Crippen LogP contribution >= 0.6 is 0 Å². The number of carbonyl (C=O) groups is 3. The Morgan fingerprint density at radius 3 is 2.40 bits per heavy atom. The van der Waals surface area contributed by atoms with Crippen molar-refractivity contribution in [3.8, 4) is 0 Å². The molecule has 0 spiro atoms. The first-order chi connectivity index (χ1) is 14.2. The number of nitrogens with one attached hydrogen (secondary N) is 3. The Morgan fingerprint density at radius 2 is 1.77 bits per heavy atom. The van der Waals surface area contributed by atoms with Gasteiger partial charge in [-0.05, 0) is 45.7 Å². The lowest BCUT2D eigenvalue weighted by Gasteiger charge is -2.33. The van der Waals surface area contributed by atoms with Crippen LogP contribution in [-0.4, -0.2) is 57.7 Å². The minimum atomic E-state index is -0.539. The van der Waals surface area contributed by atoms with Gasteiger partial charge in [0.25, 0.3) is 11.8 Å². The molecule has 0 atom stereocenters. The molecular formula is C21H27N5O4.